The molecule has 1 N–H and O–H groups in total. The van der Waals surface area contributed by atoms with Crippen LogP contribution in [0.1, 0.15) is 34.9 Å². The van der Waals surface area contributed by atoms with E-state index in [0.29, 0.717) is 12.2 Å². The number of rotatable bonds is 7. The maximum Gasteiger partial charge on any atom is 0.273 e. The third-order valence-corrected chi connectivity index (χ3v) is 5.25. The van der Waals surface area contributed by atoms with Crippen LogP contribution in [-0.4, -0.2) is 52.5 Å². The lowest BCUT2D eigenvalue weighted by Gasteiger charge is -2.29. The lowest BCUT2D eigenvalue weighted by Crippen LogP contribution is -2.37. The van der Waals surface area contributed by atoms with Crippen molar-refractivity contribution in [2.45, 2.75) is 18.9 Å². The smallest absolute Gasteiger partial charge is 0.273 e. The zero-order chi connectivity index (χ0) is 20.1. The molecule has 1 saturated heterocycles. The van der Waals surface area contributed by atoms with Gasteiger partial charge in [-0.05, 0) is 44.1 Å². The fourth-order valence-electron chi connectivity index (χ4n) is 3.76. The third-order valence-electron chi connectivity index (χ3n) is 5.25. The maximum atomic E-state index is 12.7. The number of ether oxygens (including phenoxy) is 1. The molecule has 1 aliphatic heterocycles. The van der Waals surface area contributed by atoms with Crippen LogP contribution in [0.25, 0.3) is 5.69 Å². The average Bonchev–Trinajstić information content (AvgIpc) is 3.47. The molecule has 0 saturated carbocycles. The van der Waals surface area contributed by atoms with Gasteiger partial charge in [-0.3, -0.25) is 9.69 Å². The molecule has 0 radical (unpaired) electrons. The number of benzene rings is 2. The number of carbonyl (C=O) groups excluding carboxylic acids is 1. The van der Waals surface area contributed by atoms with E-state index in [0.717, 1.165) is 30.1 Å². The molecule has 0 bridgehead atoms. The van der Waals surface area contributed by atoms with Gasteiger partial charge in [0.25, 0.3) is 5.91 Å². The monoisotopic (exact) mass is 391 g/mol. The highest BCUT2D eigenvalue weighted by Crippen LogP contribution is 2.31. The molecule has 7 nitrogen and oxygen atoms in total. The Kier molecular flexibility index (Phi) is 5.86. The van der Waals surface area contributed by atoms with Crippen molar-refractivity contribution in [3.8, 4) is 11.4 Å². The average molecular weight is 391 g/mol. The van der Waals surface area contributed by atoms with Crippen molar-refractivity contribution in [2.75, 3.05) is 26.7 Å². The Balaban J connectivity index is 1.49. The summed E-state index contributed by atoms with van der Waals surface area (Å²) in [6.45, 7) is 2.52. The molecule has 1 aliphatic rings. The maximum absolute atomic E-state index is 12.7. The predicted octanol–water partition coefficient (Wildman–Crippen LogP) is 2.84. The van der Waals surface area contributed by atoms with Crippen molar-refractivity contribution in [2.24, 2.45) is 0 Å². The largest absolute Gasteiger partial charge is 0.496 e. The number of nitrogens with one attached hydrogen (secondary N) is 1. The number of carbonyl (C=O) groups is 1. The molecule has 150 valence electrons. The molecule has 4 rings (SSSR count). The zero-order valence-corrected chi connectivity index (χ0v) is 16.5. The summed E-state index contributed by atoms with van der Waals surface area (Å²) < 4.78 is 5.56. The van der Waals surface area contributed by atoms with E-state index in [4.69, 9.17) is 4.74 Å². The van der Waals surface area contributed by atoms with E-state index >= 15 is 0 Å². The number of hydrogen-bond donors (Lipinski definition) is 1. The minimum Gasteiger partial charge on any atom is -0.496 e. The first-order valence-corrected chi connectivity index (χ1v) is 9.89. The fraction of sp³-hybridized carbons (Fsp3) is 0.318. The molecule has 29 heavy (non-hydrogen) atoms. The quantitative estimate of drug-likeness (QED) is 0.671. The van der Waals surface area contributed by atoms with Crippen molar-refractivity contribution in [3.63, 3.8) is 0 Å². The Hall–Kier alpha value is -3.19. The third kappa shape index (κ3) is 4.30. The Morgan fingerprint density at radius 1 is 1.10 bits per heavy atom. The van der Waals surface area contributed by atoms with Crippen LogP contribution in [0.3, 0.4) is 0 Å². The van der Waals surface area contributed by atoms with Gasteiger partial charge in [-0.2, -0.15) is 9.90 Å². The van der Waals surface area contributed by atoms with Gasteiger partial charge in [-0.15, -0.1) is 5.10 Å². The van der Waals surface area contributed by atoms with Crippen molar-refractivity contribution in [1.82, 2.24) is 25.2 Å². The molecular weight excluding hydrogens is 366 g/mol. The summed E-state index contributed by atoms with van der Waals surface area (Å²) in [4.78, 5) is 16.6. The highest BCUT2D eigenvalue weighted by Gasteiger charge is 2.26. The molecule has 7 heteroatoms. The van der Waals surface area contributed by atoms with Crippen LogP contribution < -0.4 is 10.1 Å². The summed E-state index contributed by atoms with van der Waals surface area (Å²) in [5.74, 6) is 0.611. The van der Waals surface area contributed by atoms with Crippen LogP contribution in [0.5, 0.6) is 5.75 Å². The van der Waals surface area contributed by atoms with Crippen molar-refractivity contribution in [1.29, 1.82) is 0 Å². The fourth-order valence-corrected chi connectivity index (χ4v) is 3.76. The summed E-state index contributed by atoms with van der Waals surface area (Å²) in [5.41, 5.74) is 2.20. The van der Waals surface area contributed by atoms with Gasteiger partial charge in [0.1, 0.15) is 5.75 Å². The van der Waals surface area contributed by atoms with E-state index in [1.54, 1.807) is 7.11 Å². The Labute approximate surface area is 170 Å². The van der Waals surface area contributed by atoms with E-state index in [2.05, 4.69) is 26.5 Å². The highest BCUT2D eigenvalue weighted by molar-refractivity contribution is 5.91. The van der Waals surface area contributed by atoms with Crippen molar-refractivity contribution < 1.29 is 9.53 Å². The topological polar surface area (TPSA) is 72.3 Å². The first-order valence-electron chi connectivity index (χ1n) is 9.89. The molecular formula is C22H25N5O2. The van der Waals surface area contributed by atoms with Crippen LogP contribution in [-0.2, 0) is 0 Å². The van der Waals surface area contributed by atoms with Gasteiger partial charge in [-0.1, -0.05) is 36.4 Å². The molecule has 1 amide bonds. The molecule has 0 spiro atoms. The summed E-state index contributed by atoms with van der Waals surface area (Å²) >= 11 is 0. The normalized spacial score (nSPS) is 15.2. The Bertz CT molecular complexity index is 951. The molecule has 2 heterocycles. The van der Waals surface area contributed by atoms with Gasteiger partial charge in [0, 0.05) is 12.1 Å². The second-order valence-electron chi connectivity index (χ2n) is 7.07. The van der Waals surface area contributed by atoms with E-state index in [9.17, 15) is 4.79 Å². The lowest BCUT2D eigenvalue weighted by molar-refractivity contribution is 0.0932. The molecule has 2 aromatic carbocycles. The molecule has 0 aliphatic carbocycles. The van der Waals surface area contributed by atoms with Gasteiger partial charge < -0.3 is 10.1 Å². The number of methoxy groups -OCH3 is 1. The molecule has 3 aromatic rings. The van der Waals surface area contributed by atoms with Crippen LogP contribution in [0, 0.1) is 0 Å². The number of hydrogen-bond acceptors (Lipinski definition) is 5. The Morgan fingerprint density at radius 3 is 2.59 bits per heavy atom. The van der Waals surface area contributed by atoms with E-state index in [1.807, 2.05) is 48.5 Å². The summed E-state index contributed by atoms with van der Waals surface area (Å²) in [6, 6.07) is 17.6. The van der Waals surface area contributed by atoms with E-state index in [1.165, 1.54) is 23.8 Å². The van der Waals surface area contributed by atoms with Gasteiger partial charge in [0.05, 0.1) is 25.0 Å². The van der Waals surface area contributed by atoms with Gasteiger partial charge >= 0.3 is 0 Å². The van der Waals surface area contributed by atoms with Crippen LogP contribution in [0.2, 0.25) is 0 Å². The van der Waals surface area contributed by atoms with Crippen LogP contribution in [0.15, 0.2) is 60.8 Å². The van der Waals surface area contributed by atoms with Crippen LogP contribution >= 0.6 is 0 Å². The predicted molar refractivity (Wildman–Crippen MR) is 110 cm³/mol. The summed E-state index contributed by atoms with van der Waals surface area (Å²) in [6.07, 6.45) is 3.84. The Morgan fingerprint density at radius 2 is 1.83 bits per heavy atom. The first-order chi connectivity index (χ1) is 14.3. The first kappa shape index (κ1) is 19.1. The summed E-state index contributed by atoms with van der Waals surface area (Å²) in [7, 11) is 1.68. The second kappa shape index (κ2) is 8.87. The highest BCUT2D eigenvalue weighted by atomic mass is 16.5. The minimum atomic E-state index is -0.230. The SMILES string of the molecule is COc1ccccc1C(CNC(=O)c1cnn(-c2ccccc2)n1)N1CCCC1. The van der Waals surface area contributed by atoms with Gasteiger partial charge in [-0.25, -0.2) is 0 Å². The standard InChI is InChI=1S/C22H25N5O2/c1-29-21-12-6-5-11-18(21)20(26-13-7-8-14-26)16-23-22(28)19-15-24-27(25-19)17-9-3-2-4-10-17/h2-6,9-12,15,20H,7-8,13-14,16H2,1H3,(H,23,28). The number of aromatic nitrogens is 3. The zero-order valence-electron chi connectivity index (χ0n) is 16.5. The number of nitrogens with zero attached hydrogens (tertiary/aromatic N) is 4. The molecule has 1 atom stereocenters. The summed E-state index contributed by atoms with van der Waals surface area (Å²) in [5, 5.41) is 11.6. The minimum absolute atomic E-state index is 0.0572. The number of amides is 1. The van der Waals surface area contributed by atoms with Gasteiger partial charge in [0.2, 0.25) is 0 Å². The van der Waals surface area contributed by atoms with Crippen molar-refractivity contribution in [3.05, 3.63) is 72.1 Å². The number of likely N-dealkylation sites (tertiary alicyclic amines) is 1. The molecule has 1 fully saturated rings. The number of para-hydroxylation sites is 2. The van der Waals surface area contributed by atoms with Gasteiger partial charge in [0.15, 0.2) is 5.69 Å². The lowest BCUT2D eigenvalue weighted by atomic mass is 10.0. The second-order valence-corrected chi connectivity index (χ2v) is 7.07. The van der Waals surface area contributed by atoms with E-state index < -0.39 is 0 Å². The van der Waals surface area contributed by atoms with Crippen molar-refractivity contribution >= 4 is 5.91 Å². The molecule has 1 unspecified atom stereocenters. The van der Waals surface area contributed by atoms with E-state index in [-0.39, 0.29) is 11.9 Å². The van der Waals surface area contributed by atoms with Crippen LogP contribution in [0.4, 0.5) is 0 Å². The molecule has 1 aromatic heterocycles.